The molecule has 3 heterocycles. The number of carboxylic acids is 1. The maximum absolute atomic E-state index is 15.6. The van der Waals surface area contributed by atoms with Crippen molar-refractivity contribution in [1.82, 2.24) is 9.55 Å². The molecule has 0 bridgehead atoms. The Kier molecular flexibility index (Phi) is 5.39. The van der Waals surface area contributed by atoms with Gasteiger partial charge in [0.15, 0.2) is 5.82 Å². The van der Waals surface area contributed by atoms with E-state index in [1.165, 1.54) is 24.5 Å². The van der Waals surface area contributed by atoms with E-state index in [-0.39, 0.29) is 22.3 Å². The molecule has 2 aromatic carbocycles. The zero-order valence-corrected chi connectivity index (χ0v) is 18.5. The van der Waals surface area contributed by atoms with E-state index in [2.05, 4.69) is 9.88 Å². The van der Waals surface area contributed by atoms with E-state index >= 15 is 4.39 Å². The number of fused-ring (bicyclic) bond motifs is 3. The van der Waals surface area contributed by atoms with Crippen LogP contribution in [0.1, 0.15) is 17.3 Å². The Morgan fingerprint density at radius 1 is 1.03 bits per heavy atom. The molecule has 9 heteroatoms. The molecule has 1 N–H and O–H groups in total. The van der Waals surface area contributed by atoms with E-state index in [0.717, 1.165) is 5.69 Å². The zero-order valence-electron chi connectivity index (χ0n) is 18.5. The van der Waals surface area contributed by atoms with Crippen molar-refractivity contribution in [2.75, 3.05) is 36.0 Å². The van der Waals surface area contributed by atoms with E-state index in [9.17, 15) is 19.1 Å². The summed E-state index contributed by atoms with van der Waals surface area (Å²) in [5, 5.41) is 9.91. The highest BCUT2D eigenvalue weighted by Crippen LogP contribution is 2.31. The van der Waals surface area contributed by atoms with Gasteiger partial charge in [-0.15, -0.1) is 0 Å². The Morgan fingerprint density at radius 3 is 2.35 bits per heavy atom. The third kappa shape index (κ3) is 3.53. The minimum Gasteiger partial charge on any atom is -0.477 e. The van der Waals surface area contributed by atoms with Crippen molar-refractivity contribution in [3.05, 3.63) is 76.2 Å². The minimum absolute atomic E-state index is 0.0354. The number of piperazine rings is 1. The van der Waals surface area contributed by atoms with Gasteiger partial charge in [-0.3, -0.25) is 9.78 Å². The average molecular weight is 464 g/mol. The van der Waals surface area contributed by atoms with Crippen molar-refractivity contribution in [1.29, 1.82) is 0 Å². The van der Waals surface area contributed by atoms with Crippen LogP contribution in [0.4, 0.5) is 20.2 Å². The second-order valence-electron chi connectivity index (χ2n) is 8.23. The van der Waals surface area contributed by atoms with Crippen LogP contribution in [0.3, 0.4) is 0 Å². The summed E-state index contributed by atoms with van der Waals surface area (Å²) >= 11 is 0. The SMILES string of the molecule is CCn1cc(C(=O)O)c(=O)c2c3ccc(N4CCN(c5ccc(F)cc5)CC4)c(F)c3ncc21. The van der Waals surface area contributed by atoms with Crippen LogP contribution >= 0.6 is 0 Å². The number of pyridine rings is 2. The highest BCUT2D eigenvalue weighted by molar-refractivity contribution is 6.07. The summed E-state index contributed by atoms with van der Waals surface area (Å²) in [6, 6.07) is 9.56. The fourth-order valence-corrected chi connectivity index (χ4v) is 4.60. The number of aryl methyl sites for hydroxylation is 1. The van der Waals surface area contributed by atoms with Gasteiger partial charge in [-0.1, -0.05) is 0 Å². The van der Waals surface area contributed by atoms with Gasteiger partial charge in [0.1, 0.15) is 16.9 Å². The lowest BCUT2D eigenvalue weighted by atomic mass is 10.1. The molecule has 0 unspecified atom stereocenters. The van der Waals surface area contributed by atoms with Gasteiger partial charge in [-0.25, -0.2) is 13.6 Å². The molecule has 1 saturated heterocycles. The summed E-state index contributed by atoms with van der Waals surface area (Å²) < 4.78 is 30.5. The van der Waals surface area contributed by atoms with Crippen LogP contribution in [0.2, 0.25) is 0 Å². The third-order valence-corrected chi connectivity index (χ3v) is 6.39. The smallest absolute Gasteiger partial charge is 0.341 e. The average Bonchev–Trinajstić information content (AvgIpc) is 2.84. The number of carbonyl (C=O) groups is 1. The van der Waals surface area contributed by atoms with E-state index < -0.39 is 17.2 Å². The molecule has 34 heavy (non-hydrogen) atoms. The number of rotatable bonds is 4. The largest absolute Gasteiger partial charge is 0.477 e. The highest BCUT2D eigenvalue weighted by Gasteiger charge is 2.23. The summed E-state index contributed by atoms with van der Waals surface area (Å²) in [6.45, 7) is 4.64. The van der Waals surface area contributed by atoms with Crippen LogP contribution in [-0.4, -0.2) is 46.8 Å². The van der Waals surface area contributed by atoms with Crippen molar-refractivity contribution in [3.8, 4) is 0 Å². The molecule has 1 fully saturated rings. The molecule has 5 rings (SSSR count). The number of halogens is 2. The number of aromatic carboxylic acids is 1. The van der Waals surface area contributed by atoms with Crippen molar-refractivity contribution in [2.45, 2.75) is 13.5 Å². The minimum atomic E-state index is -1.32. The van der Waals surface area contributed by atoms with Gasteiger partial charge in [0, 0.05) is 50.0 Å². The molecular formula is C25H22F2N4O3. The van der Waals surface area contributed by atoms with Gasteiger partial charge in [-0.05, 0) is 43.3 Å². The molecule has 0 radical (unpaired) electrons. The first kappa shape index (κ1) is 21.8. The maximum Gasteiger partial charge on any atom is 0.341 e. The summed E-state index contributed by atoms with van der Waals surface area (Å²) in [4.78, 5) is 32.9. The molecule has 4 aromatic rings. The summed E-state index contributed by atoms with van der Waals surface area (Å²) in [5.74, 6) is -2.16. The summed E-state index contributed by atoms with van der Waals surface area (Å²) in [5.41, 5.74) is 0.777. The molecule has 1 aliphatic rings. The normalized spacial score (nSPS) is 14.2. The quantitative estimate of drug-likeness (QED) is 0.462. The van der Waals surface area contributed by atoms with Crippen LogP contribution in [0, 0.1) is 11.6 Å². The number of hydrogen-bond acceptors (Lipinski definition) is 5. The van der Waals surface area contributed by atoms with E-state index in [1.54, 1.807) is 28.8 Å². The topological polar surface area (TPSA) is 78.7 Å². The summed E-state index contributed by atoms with van der Waals surface area (Å²) in [7, 11) is 0. The first-order valence-electron chi connectivity index (χ1n) is 11.0. The van der Waals surface area contributed by atoms with Crippen LogP contribution < -0.4 is 15.2 Å². The Balaban J connectivity index is 1.53. The third-order valence-electron chi connectivity index (χ3n) is 6.39. The standard InChI is InChI=1S/C25H22F2N4O3/c1-2-29-14-18(25(33)34)24(32)21-17-7-8-19(22(27)23(17)28-13-20(21)29)31-11-9-30(10-12-31)16-5-3-15(26)4-6-16/h3-8,13-14H,2,9-12H2,1H3,(H,33,34). The number of carboxylic acid groups (broad SMARTS) is 1. The number of nitrogens with zero attached hydrogens (tertiary/aromatic N) is 4. The maximum atomic E-state index is 15.6. The number of benzene rings is 2. The van der Waals surface area contributed by atoms with E-state index in [1.807, 2.05) is 11.8 Å². The lowest BCUT2D eigenvalue weighted by Gasteiger charge is -2.37. The molecule has 174 valence electrons. The molecule has 0 saturated carbocycles. The molecule has 0 amide bonds. The van der Waals surface area contributed by atoms with Gasteiger partial charge in [0.05, 0.1) is 22.8 Å². The van der Waals surface area contributed by atoms with Crippen molar-refractivity contribution >= 4 is 39.1 Å². The van der Waals surface area contributed by atoms with Crippen LogP contribution in [-0.2, 0) is 6.54 Å². The molecule has 0 aliphatic carbocycles. The van der Waals surface area contributed by atoms with Gasteiger partial charge < -0.3 is 19.5 Å². The Bertz CT molecular complexity index is 1480. The van der Waals surface area contributed by atoms with E-state index in [0.29, 0.717) is 49.3 Å². The zero-order chi connectivity index (χ0) is 24.0. The Hall–Kier alpha value is -4.01. The van der Waals surface area contributed by atoms with Gasteiger partial charge in [0.2, 0.25) is 5.43 Å². The van der Waals surface area contributed by atoms with Crippen molar-refractivity contribution in [2.24, 2.45) is 0 Å². The van der Waals surface area contributed by atoms with Crippen LogP contribution in [0.5, 0.6) is 0 Å². The predicted molar refractivity (Wildman–Crippen MR) is 127 cm³/mol. The predicted octanol–water partition coefficient (Wildman–Crippen LogP) is 3.87. The monoisotopic (exact) mass is 464 g/mol. The molecule has 1 aliphatic heterocycles. The first-order chi connectivity index (χ1) is 16.4. The molecule has 7 nitrogen and oxygen atoms in total. The van der Waals surface area contributed by atoms with Crippen LogP contribution in [0.15, 0.2) is 53.6 Å². The van der Waals surface area contributed by atoms with Crippen LogP contribution in [0.25, 0.3) is 21.8 Å². The highest BCUT2D eigenvalue weighted by atomic mass is 19.1. The molecular weight excluding hydrogens is 442 g/mol. The lowest BCUT2D eigenvalue weighted by Crippen LogP contribution is -2.46. The number of hydrogen-bond donors (Lipinski definition) is 1. The summed E-state index contributed by atoms with van der Waals surface area (Å²) in [6.07, 6.45) is 2.72. The molecule has 2 aromatic heterocycles. The molecule has 0 spiro atoms. The Morgan fingerprint density at radius 2 is 1.71 bits per heavy atom. The van der Waals surface area contributed by atoms with Gasteiger partial charge in [-0.2, -0.15) is 0 Å². The number of anilines is 2. The first-order valence-corrected chi connectivity index (χ1v) is 11.0. The van der Waals surface area contributed by atoms with Crippen molar-refractivity contribution < 1.29 is 18.7 Å². The second-order valence-corrected chi connectivity index (χ2v) is 8.23. The van der Waals surface area contributed by atoms with Crippen molar-refractivity contribution in [3.63, 3.8) is 0 Å². The van der Waals surface area contributed by atoms with E-state index in [4.69, 9.17) is 0 Å². The van der Waals surface area contributed by atoms with Gasteiger partial charge in [0.25, 0.3) is 0 Å². The fourth-order valence-electron chi connectivity index (χ4n) is 4.60. The second kappa shape index (κ2) is 8.40. The Labute approximate surface area is 193 Å². The fraction of sp³-hybridized carbons (Fsp3) is 0.240. The van der Waals surface area contributed by atoms with Gasteiger partial charge >= 0.3 is 5.97 Å². The lowest BCUT2D eigenvalue weighted by molar-refractivity contribution is 0.0695. The molecule has 0 atom stereocenters. The number of aromatic nitrogens is 2.